The fraction of sp³-hybridized carbons (Fsp3) is 0.364. The van der Waals surface area contributed by atoms with E-state index >= 15 is 8.78 Å². The zero-order chi connectivity index (χ0) is 26.2. The van der Waals surface area contributed by atoms with Crippen LogP contribution in [0.25, 0.3) is 22.2 Å². The van der Waals surface area contributed by atoms with E-state index in [0.717, 1.165) is 13.0 Å². The Morgan fingerprint density at radius 3 is 2.64 bits per heavy atom. The zero-order valence-corrected chi connectivity index (χ0v) is 19.3. The number of nitrogens with two attached hydrogens (primary N) is 1. The molecule has 0 radical (unpaired) electrons. The molecule has 0 aliphatic carbocycles. The Morgan fingerprint density at radius 1 is 1.28 bits per heavy atom. The standard InChI is InChI=1S/C22H20F5N7O2/c1-8-5-10(28)14(23)11(13(8)22(25,26)27)16-15(24)17-12-18(33-20(32-17)35-4)34-7-30-6-21(34,29-3)9(2)36-19(12)31-16/h5,9,30H,3,6-7,28H2,1-2,4H3/t9-,21-/m0/s1. The minimum Gasteiger partial charge on any atom is -0.469 e. The van der Waals surface area contributed by atoms with Gasteiger partial charge in [0.05, 0.1) is 30.6 Å². The average molecular weight is 509 g/mol. The van der Waals surface area contributed by atoms with Crippen molar-refractivity contribution in [2.45, 2.75) is 31.8 Å². The molecule has 5 rings (SSSR count). The first-order valence-corrected chi connectivity index (χ1v) is 10.7. The van der Waals surface area contributed by atoms with Crippen molar-refractivity contribution in [2.75, 3.05) is 31.0 Å². The second-order valence-electron chi connectivity index (χ2n) is 8.49. The predicted molar refractivity (Wildman–Crippen MR) is 121 cm³/mol. The fourth-order valence-corrected chi connectivity index (χ4v) is 4.79. The summed E-state index contributed by atoms with van der Waals surface area (Å²) in [7, 11) is 1.24. The number of nitrogens with one attached hydrogen (secondary N) is 1. The van der Waals surface area contributed by atoms with Gasteiger partial charge in [-0.25, -0.2) is 13.8 Å². The highest BCUT2D eigenvalue weighted by Crippen LogP contribution is 2.48. The summed E-state index contributed by atoms with van der Waals surface area (Å²) in [6.45, 7) is 6.89. The van der Waals surface area contributed by atoms with E-state index < -0.39 is 63.2 Å². The molecule has 0 amide bonds. The Hall–Kier alpha value is -3.81. The fourth-order valence-electron chi connectivity index (χ4n) is 4.79. The second kappa shape index (κ2) is 7.85. The molecule has 2 atom stereocenters. The Bertz CT molecular complexity index is 1430. The van der Waals surface area contributed by atoms with Crippen LogP contribution in [0.4, 0.5) is 33.5 Å². The number of fused-ring (bicyclic) bond motifs is 2. The van der Waals surface area contributed by atoms with Crippen molar-refractivity contribution in [3.8, 4) is 23.1 Å². The van der Waals surface area contributed by atoms with Crippen LogP contribution in [-0.2, 0) is 6.18 Å². The van der Waals surface area contributed by atoms with Gasteiger partial charge in [-0.2, -0.15) is 23.1 Å². The van der Waals surface area contributed by atoms with Gasteiger partial charge in [0.1, 0.15) is 22.7 Å². The molecule has 9 nitrogen and oxygen atoms in total. The monoisotopic (exact) mass is 509 g/mol. The quantitative estimate of drug-likeness (QED) is 0.314. The number of benzene rings is 1. The van der Waals surface area contributed by atoms with Gasteiger partial charge in [0.25, 0.3) is 0 Å². The molecule has 0 saturated carbocycles. The molecule has 14 heteroatoms. The molecule has 1 aromatic carbocycles. The second-order valence-corrected chi connectivity index (χ2v) is 8.49. The third-order valence-electron chi connectivity index (χ3n) is 6.50. The minimum absolute atomic E-state index is 0.0345. The van der Waals surface area contributed by atoms with E-state index in [1.165, 1.54) is 7.11 Å². The topological polar surface area (TPSA) is 111 Å². The van der Waals surface area contributed by atoms with E-state index in [4.69, 9.17) is 15.2 Å². The molecule has 1 fully saturated rings. The van der Waals surface area contributed by atoms with Crippen molar-refractivity contribution >= 4 is 29.1 Å². The molecule has 36 heavy (non-hydrogen) atoms. The molecule has 0 bridgehead atoms. The van der Waals surface area contributed by atoms with Crippen molar-refractivity contribution in [2.24, 2.45) is 4.99 Å². The van der Waals surface area contributed by atoms with Gasteiger partial charge in [-0.05, 0) is 32.2 Å². The van der Waals surface area contributed by atoms with Gasteiger partial charge in [-0.15, -0.1) is 0 Å². The molecular formula is C22H20F5N7O2. The number of nitrogens with zero attached hydrogens (tertiary/aromatic N) is 5. The van der Waals surface area contributed by atoms with Crippen LogP contribution in [0.5, 0.6) is 11.9 Å². The Balaban J connectivity index is 1.92. The predicted octanol–water partition coefficient (Wildman–Crippen LogP) is 3.43. The average Bonchev–Trinajstić information content (AvgIpc) is 3.23. The number of halogens is 5. The molecule has 3 aromatic rings. The van der Waals surface area contributed by atoms with E-state index in [-0.39, 0.29) is 36.3 Å². The van der Waals surface area contributed by atoms with E-state index in [2.05, 4.69) is 32.0 Å². The molecule has 190 valence electrons. The smallest absolute Gasteiger partial charge is 0.417 e. The summed E-state index contributed by atoms with van der Waals surface area (Å²) < 4.78 is 84.5. The Labute approximate surface area is 201 Å². The first kappa shape index (κ1) is 23.9. The summed E-state index contributed by atoms with van der Waals surface area (Å²) >= 11 is 0. The Morgan fingerprint density at radius 2 is 2.00 bits per heavy atom. The van der Waals surface area contributed by atoms with Gasteiger partial charge in [-0.3, -0.25) is 10.3 Å². The lowest BCUT2D eigenvalue weighted by atomic mass is 9.96. The summed E-state index contributed by atoms with van der Waals surface area (Å²) in [5.41, 5.74) is -0.471. The largest absolute Gasteiger partial charge is 0.469 e. The maximum absolute atomic E-state index is 16.0. The number of rotatable bonds is 3. The summed E-state index contributed by atoms with van der Waals surface area (Å²) in [6.07, 6.45) is -5.83. The highest BCUT2D eigenvalue weighted by atomic mass is 19.4. The van der Waals surface area contributed by atoms with Crippen LogP contribution in [-0.4, -0.2) is 53.8 Å². The first-order valence-electron chi connectivity index (χ1n) is 10.7. The van der Waals surface area contributed by atoms with Crippen LogP contribution in [0.3, 0.4) is 0 Å². The SMILES string of the molecule is C=N[C@@]12CNCN1c1nc(OC)nc3c(F)c(-c4c(F)c(N)cc(C)c4C(F)(F)F)nc(c13)O[C@H]2C. The molecule has 1 saturated heterocycles. The number of hydrogen-bond donors (Lipinski definition) is 2. The summed E-state index contributed by atoms with van der Waals surface area (Å²) in [6, 6.07) is 0.553. The number of ether oxygens (including phenoxy) is 2. The van der Waals surface area contributed by atoms with E-state index in [1.54, 1.807) is 11.8 Å². The van der Waals surface area contributed by atoms with Gasteiger partial charge in [0.2, 0.25) is 5.88 Å². The summed E-state index contributed by atoms with van der Waals surface area (Å²) in [5.74, 6) is -2.97. The molecule has 2 aromatic heterocycles. The maximum atomic E-state index is 16.0. The van der Waals surface area contributed by atoms with E-state index in [0.29, 0.717) is 0 Å². The number of pyridine rings is 1. The number of alkyl halides is 3. The lowest BCUT2D eigenvalue weighted by Gasteiger charge is -2.36. The lowest BCUT2D eigenvalue weighted by Crippen LogP contribution is -2.54. The molecule has 3 N–H and O–H groups in total. The van der Waals surface area contributed by atoms with Crippen LogP contribution in [0.2, 0.25) is 0 Å². The van der Waals surface area contributed by atoms with Gasteiger partial charge < -0.3 is 20.1 Å². The normalized spacial score (nSPS) is 21.2. The third kappa shape index (κ3) is 3.16. The van der Waals surface area contributed by atoms with Gasteiger partial charge >= 0.3 is 12.2 Å². The number of aryl methyl sites for hydroxylation is 1. The van der Waals surface area contributed by atoms with Crippen LogP contribution in [0.15, 0.2) is 11.1 Å². The van der Waals surface area contributed by atoms with Crippen molar-refractivity contribution in [1.82, 2.24) is 20.3 Å². The molecule has 2 aliphatic heterocycles. The van der Waals surface area contributed by atoms with Crippen LogP contribution < -0.4 is 25.4 Å². The maximum Gasteiger partial charge on any atom is 0.417 e. The summed E-state index contributed by atoms with van der Waals surface area (Å²) in [5, 5.41) is 3.10. The van der Waals surface area contributed by atoms with E-state index in [9.17, 15) is 13.2 Å². The molecule has 0 spiro atoms. The third-order valence-corrected chi connectivity index (χ3v) is 6.50. The van der Waals surface area contributed by atoms with Gasteiger partial charge in [0.15, 0.2) is 23.1 Å². The Kier molecular flexibility index (Phi) is 5.21. The zero-order valence-electron chi connectivity index (χ0n) is 19.3. The molecular weight excluding hydrogens is 489 g/mol. The number of hydrogen-bond acceptors (Lipinski definition) is 9. The molecule has 2 aliphatic rings. The number of aromatic nitrogens is 3. The van der Waals surface area contributed by atoms with Crippen molar-refractivity contribution in [1.29, 1.82) is 0 Å². The van der Waals surface area contributed by atoms with Gasteiger partial charge in [0, 0.05) is 6.54 Å². The highest BCUT2D eigenvalue weighted by molar-refractivity contribution is 5.98. The van der Waals surface area contributed by atoms with Crippen molar-refractivity contribution < 1.29 is 31.4 Å². The summed E-state index contributed by atoms with van der Waals surface area (Å²) in [4.78, 5) is 18.3. The van der Waals surface area contributed by atoms with E-state index in [1.807, 2.05) is 0 Å². The first-order chi connectivity index (χ1) is 16.9. The van der Waals surface area contributed by atoms with Gasteiger partial charge in [-0.1, -0.05) is 0 Å². The number of methoxy groups -OCH3 is 1. The number of aliphatic imine (C=N–C) groups is 1. The van der Waals surface area contributed by atoms with Crippen molar-refractivity contribution in [3.05, 3.63) is 28.8 Å². The van der Waals surface area contributed by atoms with Crippen LogP contribution in [0.1, 0.15) is 18.1 Å². The molecule has 0 unspecified atom stereocenters. The van der Waals surface area contributed by atoms with Crippen LogP contribution in [0, 0.1) is 18.6 Å². The number of anilines is 2. The van der Waals surface area contributed by atoms with Crippen molar-refractivity contribution in [3.63, 3.8) is 0 Å². The lowest BCUT2D eigenvalue weighted by molar-refractivity contribution is -0.137. The number of nitrogen functional groups attached to an aromatic ring is 1. The highest BCUT2D eigenvalue weighted by Gasteiger charge is 2.51. The minimum atomic E-state index is -5.04. The van der Waals surface area contributed by atoms with Crippen LogP contribution >= 0.6 is 0 Å². The molecule has 4 heterocycles.